The van der Waals surface area contributed by atoms with E-state index in [0.717, 1.165) is 38.8 Å². The zero-order chi connectivity index (χ0) is 31.8. The molecule has 0 spiro atoms. The number of piperidine rings is 1. The van der Waals surface area contributed by atoms with Crippen molar-refractivity contribution >= 4 is 49.3 Å². The van der Waals surface area contributed by atoms with Gasteiger partial charge in [-0.2, -0.15) is 16.8 Å². The molecule has 2 aromatic carbocycles. The van der Waals surface area contributed by atoms with Crippen LogP contribution < -0.4 is 9.61 Å². The summed E-state index contributed by atoms with van der Waals surface area (Å²) in [6.07, 6.45) is 4.50. The van der Waals surface area contributed by atoms with Gasteiger partial charge in [0.2, 0.25) is 0 Å². The first-order valence-corrected chi connectivity index (χ1v) is 17.8. The van der Waals surface area contributed by atoms with Crippen molar-refractivity contribution in [3.05, 3.63) is 63.9 Å². The van der Waals surface area contributed by atoms with Crippen molar-refractivity contribution in [2.45, 2.75) is 52.9 Å². The smallest absolute Gasteiger partial charge is 0.309 e. The second-order valence-electron chi connectivity index (χ2n) is 9.88. The van der Waals surface area contributed by atoms with E-state index in [0.29, 0.717) is 39.2 Å². The van der Waals surface area contributed by atoms with Gasteiger partial charge in [-0.15, -0.1) is 0 Å². The number of imidazole rings is 1. The fraction of sp³-hybridized carbons (Fsp3) is 0.429. The third-order valence-corrected chi connectivity index (χ3v) is 9.05. The lowest BCUT2D eigenvalue weighted by atomic mass is 10.2. The highest BCUT2D eigenvalue weighted by atomic mass is 35.5. The summed E-state index contributed by atoms with van der Waals surface area (Å²) in [6, 6.07) is 11.7. The maximum absolute atomic E-state index is 13.2. The van der Waals surface area contributed by atoms with Crippen LogP contribution >= 0.6 is 23.2 Å². The maximum Gasteiger partial charge on any atom is 0.309 e. The minimum Gasteiger partial charge on any atom is -0.382 e. The number of carbonyl (C=O) groups is 1. The van der Waals surface area contributed by atoms with Crippen molar-refractivity contribution in [3.8, 4) is 22.8 Å². The van der Waals surface area contributed by atoms with Gasteiger partial charge in [0.15, 0.2) is 5.69 Å². The van der Waals surface area contributed by atoms with Gasteiger partial charge < -0.3 is 4.18 Å². The molecule has 1 amide bonds. The number of unbranched alkanes of at least 4 members (excludes halogenated alkanes) is 1. The number of aromatic nitrogens is 2. The summed E-state index contributed by atoms with van der Waals surface area (Å²) in [6.45, 7) is 6.69. The molecule has 1 aliphatic heterocycles. The van der Waals surface area contributed by atoms with Crippen molar-refractivity contribution in [3.63, 3.8) is 0 Å². The van der Waals surface area contributed by atoms with E-state index in [2.05, 4.69) is 5.43 Å². The molecule has 1 aliphatic rings. The standard InChI is InChI=1S/C26H30Cl2N4O4S.C2H6O3S/c1-3-4-16-37(34,35)36-21-11-9-20(10-12-21)32-18(2)24(26(33)30-31-14-6-5-7-15-31)29-25(32)22-13-8-19(27)17-23(22)28;1-2-6(3,4)5/h8-13,17H,3-7,14-16H2,1-2H3,(H,30,33);2H2,1H3,(H,3,4,5). The van der Waals surface area contributed by atoms with Crippen LogP contribution in [0.3, 0.4) is 0 Å². The largest absolute Gasteiger partial charge is 0.382 e. The number of carbonyl (C=O) groups excluding carboxylic acids is 1. The second kappa shape index (κ2) is 15.4. The Morgan fingerprint density at radius 3 is 2.21 bits per heavy atom. The van der Waals surface area contributed by atoms with E-state index < -0.39 is 20.2 Å². The van der Waals surface area contributed by atoms with Gasteiger partial charge >= 0.3 is 10.1 Å². The average molecular weight is 676 g/mol. The van der Waals surface area contributed by atoms with Crippen molar-refractivity contribution in [1.29, 1.82) is 0 Å². The van der Waals surface area contributed by atoms with E-state index in [4.69, 9.17) is 36.9 Å². The van der Waals surface area contributed by atoms with Gasteiger partial charge in [0.1, 0.15) is 11.6 Å². The molecule has 1 aromatic heterocycles. The van der Waals surface area contributed by atoms with Gasteiger partial charge in [-0.3, -0.25) is 19.3 Å². The molecule has 2 N–H and O–H groups in total. The molecule has 3 aromatic rings. The first-order chi connectivity index (χ1) is 20.2. The molecule has 0 bridgehead atoms. The molecule has 11 nitrogen and oxygen atoms in total. The van der Waals surface area contributed by atoms with Crippen LogP contribution in [-0.2, 0) is 20.2 Å². The third kappa shape index (κ3) is 10.2. The highest BCUT2D eigenvalue weighted by Crippen LogP contribution is 2.33. The quantitative estimate of drug-likeness (QED) is 0.204. The molecule has 1 saturated heterocycles. The molecule has 0 unspecified atom stereocenters. The molecule has 15 heteroatoms. The summed E-state index contributed by atoms with van der Waals surface area (Å²) in [5, 5.41) is 2.80. The van der Waals surface area contributed by atoms with Crippen LogP contribution in [0.1, 0.15) is 62.1 Å². The van der Waals surface area contributed by atoms with E-state index >= 15 is 0 Å². The first-order valence-electron chi connectivity index (χ1n) is 13.8. The molecular formula is C28H36Cl2N4O7S2. The Morgan fingerprint density at radius 2 is 1.65 bits per heavy atom. The van der Waals surface area contributed by atoms with E-state index in [1.54, 1.807) is 42.5 Å². The highest BCUT2D eigenvalue weighted by Gasteiger charge is 2.25. The fourth-order valence-electron chi connectivity index (χ4n) is 4.25. The average Bonchev–Trinajstić information content (AvgIpc) is 3.29. The van der Waals surface area contributed by atoms with E-state index in [1.165, 1.54) is 6.92 Å². The van der Waals surface area contributed by atoms with Gasteiger partial charge in [0.05, 0.1) is 22.2 Å². The third-order valence-electron chi connectivity index (χ3n) is 6.54. The van der Waals surface area contributed by atoms with E-state index in [-0.39, 0.29) is 28.9 Å². The van der Waals surface area contributed by atoms with Crippen molar-refractivity contribution < 1.29 is 30.4 Å². The number of hydrogen-bond donors (Lipinski definition) is 2. The monoisotopic (exact) mass is 674 g/mol. The second-order valence-corrected chi connectivity index (χ2v) is 14.2. The Kier molecular flexibility index (Phi) is 12.4. The lowest BCUT2D eigenvalue weighted by Gasteiger charge is -2.26. The minimum atomic E-state index is -3.67. The number of benzene rings is 2. The Hall–Kier alpha value is -2.68. The van der Waals surface area contributed by atoms with Crippen LogP contribution in [0.15, 0.2) is 42.5 Å². The number of amides is 1. The molecule has 43 heavy (non-hydrogen) atoms. The van der Waals surface area contributed by atoms with Gasteiger partial charge in [-0.25, -0.2) is 9.99 Å². The van der Waals surface area contributed by atoms with Crippen LogP contribution in [0.2, 0.25) is 10.0 Å². The number of rotatable bonds is 10. The predicted molar refractivity (Wildman–Crippen MR) is 168 cm³/mol. The van der Waals surface area contributed by atoms with Crippen LogP contribution in [0.4, 0.5) is 0 Å². The minimum absolute atomic E-state index is 0.0411. The summed E-state index contributed by atoms with van der Waals surface area (Å²) in [7, 11) is -7.33. The normalized spacial score (nSPS) is 14.1. The Bertz CT molecular complexity index is 1620. The molecule has 0 aliphatic carbocycles. The number of hydrogen-bond acceptors (Lipinski definition) is 8. The van der Waals surface area contributed by atoms with E-state index in [1.807, 2.05) is 23.4 Å². The fourth-order valence-corrected chi connectivity index (χ4v) is 5.87. The Morgan fingerprint density at radius 1 is 1.02 bits per heavy atom. The lowest BCUT2D eigenvalue weighted by Crippen LogP contribution is -2.45. The number of nitrogens with one attached hydrogen (secondary N) is 1. The highest BCUT2D eigenvalue weighted by molar-refractivity contribution is 7.87. The first kappa shape index (κ1) is 34.8. The molecule has 236 valence electrons. The Balaban J connectivity index is 0.000000765. The predicted octanol–water partition coefficient (Wildman–Crippen LogP) is 5.69. The van der Waals surface area contributed by atoms with Crippen LogP contribution in [0.5, 0.6) is 5.75 Å². The zero-order valence-electron chi connectivity index (χ0n) is 24.2. The molecule has 0 atom stereocenters. The lowest BCUT2D eigenvalue weighted by molar-refractivity contribution is 0.0744. The molecule has 0 saturated carbocycles. The van der Waals surface area contributed by atoms with Crippen LogP contribution in [0, 0.1) is 6.92 Å². The Labute approximate surface area is 263 Å². The van der Waals surface area contributed by atoms with Crippen molar-refractivity contribution in [2.75, 3.05) is 24.6 Å². The van der Waals surface area contributed by atoms with Gasteiger partial charge in [-0.05, 0) is 75.6 Å². The van der Waals surface area contributed by atoms with Crippen molar-refractivity contribution in [2.24, 2.45) is 0 Å². The summed E-state index contributed by atoms with van der Waals surface area (Å²) >= 11 is 12.6. The SMILES string of the molecule is CCCCS(=O)(=O)Oc1ccc(-n2c(-c3ccc(Cl)cc3Cl)nc(C(=O)NN3CCCCC3)c2C)cc1.CCS(=O)(=O)O. The molecule has 0 radical (unpaired) electrons. The molecule has 1 fully saturated rings. The van der Waals surface area contributed by atoms with Gasteiger partial charge in [0, 0.05) is 29.4 Å². The van der Waals surface area contributed by atoms with Crippen LogP contribution in [0.25, 0.3) is 17.1 Å². The molecule has 4 rings (SSSR count). The number of nitrogens with zero attached hydrogens (tertiary/aromatic N) is 3. The number of hydrazine groups is 1. The summed E-state index contributed by atoms with van der Waals surface area (Å²) < 4.78 is 58.4. The summed E-state index contributed by atoms with van der Waals surface area (Å²) in [4.78, 5) is 17.9. The van der Waals surface area contributed by atoms with E-state index in [9.17, 15) is 21.6 Å². The maximum atomic E-state index is 13.2. The topological polar surface area (TPSA) is 148 Å². The summed E-state index contributed by atoms with van der Waals surface area (Å²) in [5.74, 6) is 0.138. The molecular weight excluding hydrogens is 639 g/mol. The van der Waals surface area contributed by atoms with Gasteiger partial charge in [0.25, 0.3) is 16.0 Å². The van der Waals surface area contributed by atoms with Gasteiger partial charge in [-0.1, -0.05) is 43.0 Å². The number of halogens is 2. The van der Waals surface area contributed by atoms with Crippen molar-refractivity contribution in [1.82, 2.24) is 20.0 Å². The zero-order valence-corrected chi connectivity index (χ0v) is 27.4. The van der Waals surface area contributed by atoms with Crippen LogP contribution in [-0.4, -0.2) is 66.5 Å². The summed E-state index contributed by atoms with van der Waals surface area (Å²) in [5.41, 5.74) is 5.13. The molecule has 2 heterocycles.